The molecular weight excluding hydrogens is 383 g/mol. The summed E-state index contributed by atoms with van der Waals surface area (Å²) in [7, 11) is 0. The molecule has 0 aliphatic heterocycles. The molecule has 1 atom stereocenters. The first-order valence-electron chi connectivity index (χ1n) is 5.24. The first kappa shape index (κ1) is 14.1. The quantitative estimate of drug-likeness (QED) is 0.604. The number of thiophene rings is 1. The van der Waals surface area contributed by atoms with Crippen molar-refractivity contribution in [3.05, 3.63) is 54.8 Å². The Morgan fingerprint density at radius 1 is 1.39 bits per heavy atom. The third kappa shape index (κ3) is 3.19. The van der Waals surface area contributed by atoms with Gasteiger partial charge >= 0.3 is 0 Å². The highest BCUT2D eigenvalue weighted by Gasteiger charge is 2.17. The maximum absolute atomic E-state index is 14.0. The molecule has 2 aromatic rings. The van der Waals surface area contributed by atoms with E-state index >= 15 is 0 Å². The summed E-state index contributed by atoms with van der Waals surface area (Å²) in [6.07, 6.45) is 0.653. The van der Waals surface area contributed by atoms with Crippen LogP contribution in [-0.4, -0.2) is 0 Å². The molecule has 18 heavy (non-hydrogen) atoms. The van der Waals surface area contributed by atoms with Crippen molar-refractivity contribution < 1.29 is 4.39 Å². The summed E-state index contributed by atoms with van der Waals surface area (Å²) in [5, 5.41) is 2.00. The molecule has 0 amide bonds. The van der Waals surface area contributed by atoms with Crippen LogP contribution in [-0.2, 0) is 6.42 Å². The number of hydrogen-bond acceptors (Lipinski definition) is 3. The monoisotopic (exact) mass is 392 g/mol. The lowest BCUT2D eigenvalue weighted by Crippen LogP contribution is -2.30. The number of halogens is 3. The molecule has 3 N–H and O–H groups in total. The van der Waals surface area contributed by atoms with E-state index in [4.69, 9.17) is 5.84 Å². The topological polar surface area (TPSA) is 38.0 Å². The van der Waals surface area contributed by atoms with Crippen LogP contribution in [0.2, 0.25) is 0 Å². The normalized spacial score (nSPS) is 12.7. The fourth-order valence-corrected chi connectivity index (χ4v) is 3.59. The zero-order valence-electron chi connectivity index (χ0n) is 9.29. The van der Waals surface area contributed by atoms with E-state index < -0.39 is 0 Å². The molecule has 2 rings (SSSR count). The molecule has 0 bridgehead atoms. The van der Waals surface area contributed by atoms with E-state index in [1.165, 1.54) is 0 Å². The number of hydrogen-bond donors (Lipinski definition) is 2. The Bertz CT molecular complexity index is 545. The number of hydrazine groups is 1. The van der Waals surface area contributed by atoms with Crippen molar-refractivity contribution in [3.8, 4) is 0 Å². The van der Waals surface area contributed by atoms with Gasteiger partial charge in [-0.15, -0.1) is 11.3 Å². The van der Waals surface area contributed by atoms with Gasteiger partial charge in [-0.1, -0.05) is 12.1 Å². The van der Waals surface area contributed by atoms with E-state index in [0.29, 0.717) is 16.5 Å². The summed E-state index contributed by atoms with van der Waals surface area (Å²) in [4.78, 5) is 1.14. The van der Waals surface area contributed by atoms with Crippen molar-refractivity contribution in [1.29, 1.82) is 0 Å². The summed E-state index contributed by atoms with van der Waals surface area (Å²) >= 11 is 8.21. The van der Waals surface area contributed by atoms with Crippen molar-refractivity contribution in [1.82, 2.24) is 5.43 Å². The van der Waals surface area contributed by atoms with Crippen LogP contribution in [0.4, 0.5) is 4.39 Å². The summed E-state index contributed by atoms with van der Waals surface area (Å²) in [6, 6.07) is 7.00. The number of nitrogens with two attached hydrogens (primary N) is 1. The fraction of sp³-hybridized carbons (Fsp3) is 0.167. The zero-order valence-corrected chi connectivity index (χ0v) is 13.3. The molecule has 0 aliphatic carbocycles. The van der Waals surface area contributed by atoms with E-state index in [2.05, 4.69) is 37.3 Å². The van der Waals surface area contributed by atoms with Crippen molar-refractivity contribution in [2.75, 3.05) is 0 Å². The Morgan fingerprint density at radius 3 is 2.78 bits per heavy atom. The molecule has 0 fully saturated rings. The molecule has 0 saturated heterocycles. The summed E-state index contributed by atoms with van der Waals surface area (Å²) in [6.45, 7) is 0. The Hall–Kier alpha value is -0.270. The second kappa shape index (κ2) is 6.25. The first-order valence-corrected chi connectivity index (χ1v) is 7.71. The number of benzene rings is 1. The molecular formula is C12H11Br2FN2S. The van der Waals surface area contributed by atoms with Gasteiger partial charge in [-0.05, 0) is 44.0 Å². The third-order valence-corrected chi connectivity index (χ3v) is 4.92. The van der Waals surface area contributed by atoms with Crippen LogP contribution in [0.15, 0.2) is 38.6 Å². The van der Waals surface area contributed by atoms with Crippen molar-refractivity contribution in [3.63, 3.8) is 0 Å². The van der Waals surface area contributed by atoms with Crippen molar-refractivity contribution in [2.45, 2.75) is 12.5 Å². The van der Waals surface area contributed by atoms with E-state index in [1.807, 2.05) is 11.4 Å². The minimum absolute atomic E-state index is 0.243. The van der Waals surface area contributed by atoms with Crippen LogP contribution in [0.25, 0.3) is 0 Å². The predicted octanol–water partition coefficient (Wildman–Crippen LogP) is 4.16. The molecule has 1 aromatic carbocycles. The van der Waals surface area contributed by atoms with Gasteiger partial charge in [0, 0.05) is 26.7 Å². The lowest BCUT2D eigenvalue weighted by atomic mass is 10.0. The maximum Gasteiger partial charge on any atom is 0.142 e. The fourth-order valence-electron chi connectivity index (χ4n) is 1.71. The Kier molecular flexibility index (Phi) is 4.91. The van der Waals surface area contributed by atoms with Crippen molar-refractivity contribution >= 4 is 43.2 Å². The molecule has 1 heterocycles. The molecule has 2 nitrogen and oxygen atoms in total. The predicted molar refractivity (Wildman–Crippen MR) is 79.9 cm³/mol. The minimum Gasteiger partial charge on any atom is -0.271 e. The highest BCUT2D eigenvalue weighted by atomic mass is 79.9. The standard InChI is InChI=1S/C12H11Br2FN2S/c13-7-4-8(18-6-7)5-11(17-16)9-2-1-3-10(14)12(9)15/h1-4,6,11,17H,5,16H2. The average Bonchev–Trinajstić information content (AvgIpc) is 2.76. The van der Waals surface area contributed by atoms with Gasteiger partial charge in [0.2, 0.25) is 0 Å². The SMILES string of the molecule is NNC(Cc1cc(Br)cs1)c1cccc(Br)c1F. The Morgan fingerprint density at radius 2 is 2.17 bits per heavy atom. The average molecular weight is 394 g/mol. The maximum atomic E-state index is 14.0. The third-order valence-electron chi connectivity index (χ3n) is 2.59. The second-order valence-electron chi connectivity index (χ2n) is 3.80. The van der Waals surface area contributed by atoms with E-state index in [9.17, 15) is 4.39 Å². The number of rotatable bonds is 4. The van der Waals surface area contributed by atoms with Crippen LogP contribution in [0.5, 0.6) is 0 Å². The lowest BCUT2D eigenvalue weighted by molar-refractivity contribution is 0.510. The highest BCUT2D eigenvalue weighted by molar-refractivity contribution is 9.10. The molecule has 1 unspecified atom stereocenters. The zero-order chi connectivity index (χ0) is 13.1. The van der Waals surface area contributed by atoms with Gasteiger partial charge in [-0.2, -0.15) is 0 Å². The molecule has 1 aromatic heterocycles. The Balaban J connectivity index is 2.25. The summed E-state index contributed by atoms with van der Waals surface area (Å²) in [5.74, 6) is 5.27. The highest BCUT2D eigenvalue weighted by Crippen LogP contribution is 2.28. The largest absolute Gasteiger partial charge is 0.271 e. The molecule has 0 saturated carbocycles. The van der Waals surface area contributed by atoms with Crippen LogP contribution < -0.4 is 11.3 Å². The number of nitrogens with one attached hydrogen (secondary N) is 1. The Labute approximate surface area is 126 Å². The van der Waals surface area contributed by atoms with Crippen molar-refractivity contribution in [2.24, 2.45) is 5.84 Å². The van der Waals surface area contributed by atoms with E-state index in [0.717, 1.165) is 9.35 Å². The van der Waals surface area contributed by atoms with E-state index in [1.54, 1.807) is 29.5 Å². The summed E-state index contributed by atoms with van der Waals surface area (Å²) in [5.41, 5.74) is 3.24. The van der Waals surface area contributed by atoms with Gasteiger partial charge in [0.1, 0.15) is 5.82 Å². The lowest BCUT2D eigenvalue weighted by Gasteiger charge is -2.16. The molecule has 0 spiro atoms. The smallest absolute Gasteiger partial charge is 0.142 e. The minimum atomic E-state index is -0.268. The van der Waals surface area contributed by atoms with Crippen LogP contribution in [0, 0.1) is 5.82 Å². The van der Waals surface area contributed by atoms with Gasteiger partial charge in [0.05, 0.1) is 10.5 Å². The van der Waals surface area contributed by atoms with Gasteiger partial charge in [0.15, 0.2) is 0 Å². The molecule has 96 valence electrons. The van der Waals surface area contributed by atoms with Crippen LogP contribution in [0.1, 0.15) is 16.5 Å². The van der Waals surface area contributed by atoms with E-state index in [-0.39, 0.29) is 11.9 Å². The van der Waals surface area contributed by atoms with Gasteiger partial charge in [-0.25, -0.2) is 4.39 Å². The van der Waals surface area contributed by atoms with Gasteiger partial charge in [-0.3, -0.25) is 11.3 Å². The van der Waals surface area contributed by atoms with Gasteiger partial charge < -0.3 is 0 Å². The molecule has 0 radical (unpaired) electrons. The van der Waals surface area contributed by atoms with Crippen LogP contribution in [0.3, 0.4) is 0 Å². The van der Waals surface area contributed by atoms with Crippen LogP contribution >= 0.6 is 43.2 Å². The second-order valence-corrected chi connectivity index (χ2v) is 6.56. The molecule has 6 heteroatoms. The molecule has 0 aliphatic rings. The van der Waals surface area contributed by atoms with Gasteiger partial charge in [0.25, 0.3) is 0 Å². The first-order chi connectivity index (χ1) is 8.61. The summed E-state index contributed by atoms with van der Waals surface area (Å²) < 4.78 is 15.5.